The quantitative estimate of drug-likeness (QED) is 0.679. The highest BCUT2D eigenvalue weighted by Gasteiger charge is 2.39. The number of hydrogen-bond acceptors (Lipinski definition) is 7. The number of carbonyl (C=O) groups excluding carboxylic acids is 1. The largest absolute Gasteiger partial charge is 0.466 e. The van der Waals surface area contributed by atoms with E-state index in [1.807, 2.05) is 6.07 Å². The Morgan fingerprint density at radius 2 is 1.94 bits per heavy atom. The molecule has 2 saturated carbocycles. The van der Waals surface area contributed by atoms with Crippen LogP contribution in [-0.4, -0.2) is 72.3 Å². The second-order valence-corrected chi connectivity index (χ2v) is 10.8. The van der Waals surface area contributed by atoms with Gasteiger partial charge in [-0.3, -0.25) is 4.79 Å². The molecule has 3 fully saturated rings. The Bertz CT molecular complexity index is 970. The third-order valence-corrected chi connectivity index (χ3v) is 8.56. The van der Waals surface area contributed by atoms with Crippen LogP contribution in [-0.2, 0) is 19.6 Å². The number of carbonyl (C=O) groups is 1. The Labute approximate surface area is 182 Å². The molecule has 0 N–H and O–H groups in total. The average molecular weight is 449 g/mol. The molecule has 1 atom stereocenters. The smallest absolute Gasteiger partial charge is 0.261 e. The van der Waals surface area contributed by atoms with Gasteiger partial charge >= 0.3 is 0 Å². The van der Waals surface area contributed by atoms with Crippen LogP contribution in [0.2, 0.25) is 0 Å². The fraction of sp³-hybridized carbons (Fsp3) is 0.714. The molecule has 1 unspecified atom stereocenters. The van der Waals surface area contributed by atoms with Gasteiger partial charge < -0.3 is 14.4 Å². The second-order valence-electron chi connectivity index (χ2n) is 8.89. The Morgan fingerprint density at radius 1 is 1.13 bits per heavy atom. The van der Waals surface area contributed by atoms with Gasteiger partial charge in [0.2, 0.25) is 5.88 Å². The molecule has 3 aliphatic heterocycles. The summed E-state index contributed by atoms with van der Waals surface area (Å²) in [4.78, 5) is 14.8. The van der Waals surface area contributed by atoms with E-state index in [-0.39, 0.29) is 30.5 Å². The summed E-state index contributed by atoms with van der Waals surface area (Å²) in [5.74, 6) is 0.510. The van der Waals surface area contributed by atoms with Crippen molar-refractivity contribution in [2.75, 3.05) is 19.8 Å². The number of hydrogen-bond donors (Lipinski definition) is 0. The highest BCUT2D eigenvalue weighted by molar-refractivity contribution is 7.91. The van der Waals surface area contributed by atoms with Gasteiger partial charge in [0, 0.05) is 12.1 Å². The number of fused-ring (bicyclic) bond motifs is 5. The molecule has 2 bridgehead atoms. The summed E-state index contributed by atoms with van der Waals surface area (Å²) < 4.78 is 41.3. The Balaban J connectivity index is 1.45. The maximum absolute atomic E-state index is 13.1. The Hall–Kier alpha value is -2.07. The zero-order valence-electron chi connectivity index (χ0n) is 17.5. The van der Waals surface area contributed by atoms with E-state index < -0.39 is 16.1 Å². The van der Waals surface area contributed by atoms with Crippen LogP contribution in [0, 0.1) is 0 Å². The maximum Gasteiger partial charge on any atom is 0.261 e. The van der Waals surface area contributed by atoms with E-state index >= 15 is 0 Å². The first kappa shape index (κ1) is 20.8. The molecular formula is C21H28N4O5S. The molecule has 0 radical (unpaired) electrons. The third kappa shape index (κ3) is 4.45. The monoisotopic (exact) mass is 448 g/mol. The molecule has 0 aromatic carbocycles. The van der Waals surface area contributed by atoms with Gasteiger partial charge in [-0.05, 0) is 63.4 Å². The number of amides is 1. The Kier molecular flexibility index (Phi) is 5.68. The molecule has 4 heterocycles. The van der Waals surface area contributed by atoms with Gasteiger partial charge in [-0.2, -0.15) is 9.50 Å². The van der Waals surface area contributed by atoms with Crippen molar-refractivity contribution in [2.45, 2.75) is 74.7 Å². The van der Waals surface area contributed by atoms with Crippen LogP contribution >= 0.6 is 0 Å². The molecule has 1 amide bonds. The van der Waals surface area contributed by atoms with Gasteiger partial charge in [0.1, 0.15) is 0 Å². The van der Waals surface area contributed by atoms with E-state index in [0.29, 0.717) is 49.7 Å². The van der Waals surface area contributed by atoms with Gasteiger partial charge in [0.25, 0.3) is 15.9 Å². The van der Waals surface area contributed by atoms with Gasteiger partial charge in [0.05, 0.1) is 35.9 Å². The molecule has 5 aliphatic rings. The van der Waals surface area contributed by atoms with Crippen molar-refractivity contribution in [1.29, 1.82) is 0 Å². The zero-order chi connectivity index (χ0) is 21.4. The van der Waals surface area contributed by atoms with E-state index in [0.717, 1.165) is 31.2 Å². The summed E-state index contributed by atoms with van der Waals surface area (Å²) in [6.07, 6.45) is 8.03. The molecular weight excluding hydrogens is 420 g/mol. The van der Waals surface area contributed by atoms with Gasteiger partial charge in [-0.1, -0.05) is 0 Å². The number of ether oxygens (including phenoxy) is 2. The first-order valence-electron chi connectivity index (χ1n) is 11.2. The summed E-state index contributed by atoms with van der Waals surface area (Å²) in [7, 11) is -3.52. The fourth-order valence-corrected chi connectivity index (χ4v) is 6.28. The minimum atomic E-state index is -3.52. The average Bonchev–Trinajstić information content (AvgIpc) is 3.63. The normalized spacial score (nSPS) is 31.1. The molecule has 9 nitrogen and oxygen atoms in total. The van der Waals surface area contributed by atoms with Crippen LogP contribution in [0.5, 0.6) is 5.88 Å². The van der Waals surface area contributed by atoms with Crippen molar-refractivity contribution < 1.29 is 22.7 Å². The molecule has 31 heavy (non-hydrogen) atoms. The van der Waals surface area contributed by atoms with Gasteiger partial charge in [-0.15, -0.1) is 5.10 Å². The van der Waals surface area contributed by atoms with Crippen molar-refractivity contribution in [3.63, 3.8) is 0 Å². The van der Waals surface area contributed by atoms with Crippen LogP contribution in [0.25, 0.3) is 0 Å². The number of piperidine rings is 1. The molecule has 1 aromatic heterocycles. The van der Waals surface area contributed by atoms with Gasteiger partial charge in [-0.25, -0.2) is 8.42 Å². The summed E-state index contributed by atoms with van der Waals surface area (Å²) in [5.41, 5.74) is 1.53. The van der Waals surface area contributed by atoms with Crippen LogP contribution < -0.4 is 4.74 Å². The molecule has 1 aromatic rings. The highest BCUT2D eigenvalue weighted by Crippen LogP contribution is 2.38. The third-order valence-electron chi connectivity index (χ3n) is 6.76. The summed E-state index contributed by atoms with van der Waals surface area (Å²) in [6.45, 7) is 0.632. The maximum atomic E-state index is 13.1. The van der Waals surface area contributed by atoms with Crippen LogP contribution in [0.3, 0.4) is 0 Å². The molecule has 2 aliphatic carbocycles. The fourth-order valence-electron chi connectivity index (χ4n) is 4.86. The lowest BCUT2D eigenvalue weighted by Crippen LogP contribution is -2.53. The van der Waals surface area contributed by atoms with E-state index in [1.165, 1.54) is 0 Å². The van der Waals surface area contributed by atoms with Crippen molar-refractivity contribution in [2.24, 2.45) is 4.40 Å². The Morgan fingerprint density at radius 3 is 2.71 bits per heavy atom. The minimum absolute atomic E-state index is 0.0938. The van der Waals surface area contributed by atoms with E-state index in [1.54, 1.807) is 11.1 Å². The summed E-state index contributed by atoms with van der Waals surface area (Å²) >= 11 is 0. The number of aromatic nitrogens is 2. The lowest BCUT2D eigenvalue weighted by atomic mass is 9.83. The molecule has 168 valence electrons. The predicted octanol–water partition coefficient (Wildman–Crippen LogP) is 1.84. The van der Waals surface area contributed by atoms with E-state index in [2.05, 4.69) is 14.6 Å². The summed E-state index contributed by atoms with van der Waals surface area (Å²) in [5, 5.41) is 7.71. The number of sulfonamides is 1. The number of rotatable bonds is 2. The van der Waals surface area contributed by atoms with Crippen molar-refractivity contribution in [3.8, 4) is 5.88 Å². The van der Waals surface area contributed by atoms with Crippen LogP contribution in [0.15, 0.2) is 16.7 Å². The van der Waals surface area contributed by atoms with E-state index in [9.17, 15) is 13.2 Å². The summed E-state index contributed by atoms with van der Waals surface area (Å²) in [6, 6.07) is 1.45. The molecule has 0 spiro atoms. The second kappa shape index (κ2) is 8.46. The van der Waals surface area contributed by atoms with Crippen molar-refractivity contribution in [1.82, 2.24) is 15.1 Å². The zero-order valence-corrected chi connectivity index (χ0v) is 18.3. The predicted molar refractivity (Wildman–Crippen MR) is 113 cm³/mol. The first-order chi connectivity index (χ1) is 15.0. The van der Waals surface area contributed by atoms with Crippen LogP contribution in [0.1, 0.15) is 62.8 Å². The molecule has 10 heteroatoms. The highest BCUT2D eigenvalue weighted by atomic mass is 32.2. The van der Waals surface area contributed by atoms with E-state index in [4.69, 9.17) is 9.47 Å². The number of nitrogens with zero attached hydrogens (tertiary/aromatic N) is 4. The lowest BCUT2D eigenvalue weighted by molar-refractivity contribution is -0.136. The minimum Gasteiger partial charge on any atom is -0.466 e. The lowest BCUT2D eigenvalue weighted by Gasteiger charge is -2.37. The molecule has 6 rings (SSSR count). The van der Waals surface area contributed by atoms with Gasteiger partial charge in [0.15, 0.2) is 6.61 Å². The van der Waals surface area contributed by atoms with Crippen molar-refractivity contribution >= 4 is 21.6 Å². The SMILES string of the molecule is O=C1COc2nnccc2C2CCC(CC2)OCC2/C(=N/S(=O)(=O)C3CC3)CCCN12. The topological polar surface area (TPSA) is 111 Å². The molecule has 1 saturated heterocycles. The van der Waals surface area contributed by atoms with Crippen molar-refractivity contribution in [3.05, 3.63) is 17.8 Å². The standard InChI is InChI=1S/C21H28N4O5S/c26-20-13-30-21-17(9-10-22-23-21)14-3-5-15(6-4-14)29-12-19-18(2-1-11-25(19)20)24-31(27,28)16-7-8-16/h9-10,14-16,19H,1-8,11-13H2/b24-18+. The first-order valence-corrected chi connectivity index (χ1v) is 12.7. The van der Waals surface area contributed by atoms with Crippen LogP contribution in [0.4, 0.5) is 0 Å².